The molecule has 7 heteroatoms. The molecule has 0 aromatic carbocycles. The van der Waals surface area contributed by atoms with E-state index in [2.05, 4.69) is 15.3 Å². The third-order valence-corrected chi connectivity index (χ3v) is 2.90. The highest BCUT2D eigenvalue weighted by atomic mass is 35.5. The van der Waals surface area contributed by atoms with E-state index in [9.17, 15) is 4.79 Å². The van der Waals surface area contributed by atoms with Gasteiger partial charge in [0.25, 0.3) is 5.91 Å². The van der Waals surface area contributed by atoms with Gasteiger partial charge in [-0.1, -0.05) is 34.8 Å². The predicted octanol–water partition coefficient (Wildman–Crippen LogP) is 3.69. The quantitative estimate of drug-likeness (QED) is 0.861. The number of amides is 1. The maximum absolute atomic E-state index is 11.9. The zero-order chi connectivity index (χ0) is 13.1. The van der Waals surface area contributed by atoms with Gasteiger partial charge in [-0.05, 0) is 18.2 Å². The minimum Gasteiger partial charge on any atom is -0.319 e. The van der Waals surface area contributed by atoms with Crippen molar-refractivity contribution in [3.63, 3.8) is 0 Å². The number of pyridine rings is 2. The van der Waals surface area contributed by atoms with Crippen molar-refractivity contribution in [1.29, 1.82) is 0 Å². The van der Waals surface area contributed by atoms with Crippen LogP contribution >= 0.6 is 34.8 Å². The van der Waals surface area contributed by atoms with Crippen molar-refractivity contribution in [3.8, 4) is 0 Å². The summed E-state index contributed by atoms with van der Waals surface area (Å²) in [5.41, 5.74) is 0.608. The second kappa shape index (κ2) is 5.52. The number of aromatic nitrogens is 2. The Morgan fingerprint density at radius 3 is 2.61 bits per heavy atom. The molecule has 0 atom stereocenters. The van der Waals surface area contributed by atoms with Crippen LogP contribution in [-0.2, 0) is 0 Å². The minimum atomic E-state index is -0.431. The molecule has 0 fully saturated rings. The summed E-state index contributed by atoms with van der Waals surface area (Å²) in [5.74, 6) is -0.431. The zero-order valence-corrected chi connectivity index (χ0v) is 11.1. The Hall–Kier alpha value is -1.36. The van der Waals surface area contributed by atoms with Crippen LogP contribution in [0.5, 0.6) is 0 Å². The summed E-state index contributed by atoms with van der Waals surface area (Å²) in [5, 5.41) is 3.22. The third-order valence-electron chi connectivity index (χ3n) is 2.08. The van der Waals surface area contributed by atoms with E-state index in [1.54, 1.807) is 6.07 Å². The third kappa shape index (κ3) is 2.90. The van der Waals surface area contributed by atoms with Gasteiger partial charge in [0, 0.05) is 6.20 Å². The van der Waals surface area contributed by atoms with Crippen LogP contribution in [0.2, 0.25) is 15.3 Å². The van der Waals surface area contributed by atoms with Gasteiger partial charge in [0.2, 0.25) is 0 Å². The first kappa shape index (κ1) is 13.1. The highest BCUT2D eigenvalue weighted by Crippen LogP contribution is 2.22. The fourth-order valence-corrected chi connectivity index (χ4v) is 1.82. The molecule has 2 heterocycles. The molecule has 1 N–H and O–H groups in total. The Kier molecular flexibility index (Phi) is 4.01. The first-order valence-electron chi connectivity index (χ1n) is 4.81. The molecule has 18 heavy (non-hydrogen) atoms. The molecule has 0 unspecified atom stereocenters. The van der Waals surface area contributed by atoms with Gasteiger partial charge < -0.3 is 5.32 Å². The molecule has 0 aliphatic heterocycles. The maximum Gasteiger partial charge on any atom is 0.258 e. The smallest absolute Gasteiger partial charge is 0.258 e. The predicted molar refractivity (Wildman–Crippen MR) is 71.5 cm³/mol. The number of nitrogens with zero attached hydrogens (tertiary/aromatic N) is 2. The van der Waals surface area contributed by atoms with Gasteiger partial charge in [0.15, 0.2) is 0 Å². The summed E-state index contributed by atoms with van der Waals surface area (Å²) < 4.78 is 0. The molecule has 92 valence electrons. The van der Waals surface area contributed by atoms with E-state index in [-0.39, 0.29) is 15.9 Å². The van der Waals surface area contributed by atoms with Crippen molar-refractivity contribution in [2.24, 2.45) is 0 Å². The Labute approximate surface area is 118 Å². The van der Waals surface area contributed by atoms with Crippen molar-refractivity contribution in [3.05, 3.63) is 51.5 Å². The Balaban J connectivity index is 2.25. The van der Waals surface area contributed by atoms with E-state index in [1.165, 1.54) is 24.5 Å². The lowest BCUT2D eigenvalue weighted by molar-refractivity contribution is 0.102. The van der Waals surface area contributed by atoms with Gasteiger partial charge in [0.05, 0.1) is 22.5 Å². The van der Waals surface area contributed by atoms with Gasteiger partial charge in [-0.2, -0.15) is 0 Å². The molecule has 2 aromatic rings. The van der Waals surface area contributed by atoms with Crippen LogP contribution in [-0.4, -0.2) is 15.9 Å². The fourth-order valence-electron chi connectivity index (χ4n) is 1.24. The molecule has 2 rings (SSSR count). The minimum absolute atomic E-state index is 0.0278. The molecule has 0 spiro atoms. The highest BCUT2D eigenvalue weighted by Gasteiger charge is 2.13. The average molecular weight is 303 g/mol. The van der Waals surface area contributed by atoms with Crippen molar-refractivity contribution in [1.82, 2.24) is 9.97 Å². The summed E-state index contributed by atoms with van der Waals surface area (Å²) in [6.45, 7) is 0. The lowest BCUT2D eigenvalue weighted by Gasteiger charge is -2.07. The van der Waals surface area contributed by atoms with Crippen LogP contribution in [0.15, 0.2) is 30.6 Å². The number of carbonyl (C=O) groups excluding carboxylic acids is 1. The molecular weight excluding hydrogens is 296 g/mol. The van der Waals surface area contributed by atoms with Crippen molar-refractivity contribution >= 4 is 46.4 Å². The Morgan fingerprint density at radius 1 is 1.17 bits per heavy atom. The number of anilines is 1. The number of hydrogen-bond donors (Lipinski definition) is 1. The molecular formula is C11H6Cl3N3O. The average Bonchev–Trinajstić information content (AvgIpc) is 2.32. The summed E-state index contributed by atoms with van der Waals surface area (Å²) in [6.07, 6.45) is 2.96. The lowest BCUT2D eigenvalue weighted by Crippen LogP contribution is -2.13. The zero-order valence-electron chi connectivity index (χ0n) is 8.82. The van der Waals surface area contributed by atoms with E-state index in [1.807, 2.05) is 0 Å². The first-order valence-corrected chi connectivity index (χ1v) is 5.94. The monoisotopic (exact) mass is 301 g/mol. The summed E-state index contributed by atoms with van der Waals surface area (Å²) in [7, 11) is 0. The molecule has 0 bridgehead atoms. The summed E-state index contributed by atoms with van der Waals surface area (Å²) >= 11 is 17.4. The largest absolute Gasteiger partial charge is 0.319 e. The number of hydrogen-bond acceptors (Lipinski definition) is 3. The molecule has 0 saturated heterocycles. The molecule has 0 aliphatic rings. The number of rotatable bonds is 2. The first-order chi connectivity index (χ1) is 8.58. The van der Waals surface area contributed by atoms with Crippen LogP contribution in [0.4, 0.5) is 5.69 Å². The van der Waals surface area contributed by atoms with Crippen LogP contribution < -0.4 is 5.32 Å². The Morgan fingerprint density at radius 2 is 1.94 bits per heavy atom. The van der Waals surface area contributed by atoms with Crippen LogP contribution in [0.3, 0.4) is 0 Å². The topological polar surface area (TPSA) is 54.9 Å². The van der Waals surface area contributed by atoms with Crippen molar-refractivity contribution < 1.29 is 4.79 Å². The van der Waals surface area contributed by atoms with E-state index in [4.69, 9.17) is 34.8 Å². The van der Waals surface area contributed by atoms with E-state index in [0.717, 1.165) is 0 Å². The second-order valence-electron chi connectivity index (χ2n) is 3.28. The van der Waals surface area contributed by atoms with E-state index in [0.29, 0.717) is 10.7 Å². The normalized spacial score (nSPS) is 10.2. The number of carbonyl (C=O) groups is 1. The van der Waals surface area contributed by atoms with Crippen molar-refractivity contribution in [2.75, 3.05) is 5.32 Å². The molecule has 0 saturated carbocycles. The van der Waals surface area contributed by atoms with E-state index >= 15 is 0 Å². The molecule has 0 radical (unpaired) electrons. The summed E-state index contributed by atoms with van der Waals surface area (Å²) in [4.78, 5) is 19.6. The van der Waals surface area contributed by atoms with Crippen LogP contribution in [0.25, 0.3) is 0 Å². The molecule has 2 aromatic heterocycles. The van der Waals surface area contributed by atoms with E-state index < -0.39 is 5.91 Å². The highest BCUT2D eigenvalue weighted by molar-refractivity contribution is 6.36. The van der Waals surface area contributed by atoms with Gasteiger partial charge in [0.1, 0.15) is 10.3 Å². The molecule has 0 aliphatic carbocycles. The Bertz CT molecular complexity index is 604. The molecule has 4 nitrogen and oxygen atoms in total. The van der Waals surface area contributed by atoms with Gasteiger partial charge in [-0.25, -0.2) is 4.98 Å². The summed E-state index contributed by atoms with van der Waals surface area (Å²) in [6, 6.07) is 4.53. The van der Waals surface area contributed by atoms with Gasteiger partial charge in [-0.3, -0.25) is 9.78 Å². The van der Waals surface area contributed by atoms with Crippen LogP contribution in [0, 0.1) is 0 Å². The van der Waals surface area contributed by atoms with Gasteiger partial charge >= 0.3 is 0 Å². The SMILES string of the molecule is O=C(Nc1cnccc1Cl)c1ccc(Cl)nc1Cl. The lowest BCUT2D eigenvalue weighted by atomic mass is 10.2. The standard InChI is InChI=1S/C11H6Cl3N3O/c12-7-3-4-15-5-8(7)16-11(18)6-1-2-9(13)17-10(6)14/h1-5H,(H,16,18). The van der Waals surface area contributed by atoms with Gasteiger partial charge in [-0.15, -0.1) is 0 Å². The second-order valence-corrected chi connectivity index (χ2v) is 4.43. The number of halogens is 3. The molecule has 1 amide bonds. The maximum atomic E-state index is 11.9. The van der Waals surface area contributed by atoms with Crippen LogP contribution in [0.1, 0.15) is 10.4 Å². The van der Waals surface area contributed by atoms with Crippen molar-refractivity contribution in [2.45, 2.75) is 0 Å². The fraction of sp³-hybridized carbons (Fsp3) is 0. The number of nitrogens with one attached hydrogen (secondary N) is 1.